The minimum Gasteiger partial charge on any atom is -0.357 e. The van der Waals surface area contributed by atoms with Gasteiger partial charge in [-0.3, -0.25) is 4.99 Å². The van der Waals surface area contributed by atoms with Crippen LogP contribution in [0.25, 0.3) is 0 Å². The van der Waals surface area contributed by atoms with Gasteiger partial charge in [-0.15, -0.1) is 24.0 Å². The molecule has 1 fully saturated rings. The first-order valence-corrected chi connectivity index (χ1v) is 8.01. The van der Waals surface area contributed by atoms with Crippen LogP contribution in [-0.2, 0) is 6.42 Å². The van der Waals surface area contributed by atoms with Crippen LogP contribution in [0.5, 0.6) is 0 Å². The summed E-state index contributed by atoms with van der Waals surface area (Å²) < 4.78 is 5.10. The summed E-state index contributed by atoms with van der Waals surface area (Å²) in [5.74, 6) is 3.09. The minimum absolute atomic E-state index is 0. The smallest absolute Gasteiger partial charge is 0.228 e. The highest BCUT2D eigenvalue weighted by molar-refractivity contribution is 14.0. The second-order valence-electron chi connectivity index (χ2n) is 5.85. The number of aryl methyl sites for hydroxylation is 1. The molecule has 1 aliphatic carbocycles. The van der Waals surface area contributed by atoms with Gasteiger partial charge < -0.3 is 15.2 Å². The quantitative estimate of drug-likeness (QED) is 0.435. The second-order valence-corrected chi connectivity index (χ2v) is 5.85. The van der Waals surface area contributed by atoms with Crippen LogP contribution in [0.1, 0.15) is 51.2 Å². The molecule has 1 saturated carbocycles. The van der Waals surface area contributed by atoms with Crippen LogP contribution in [0.3, 0.4) is 0 Å². The fourth-order valence-electron chi connectivity index (χ4n) is 2.62. The van der Waals surface area contributed by atoms with E-state index < -0.39 is 0 Å². The number of hydrogen-bond donors (Lipinski definition) is 2. The maximum atomic E-state index is 5.10. The molecule has 0 bridgehead atoms. The van der Waals surface area contributed by atoms with Gasteiger partial charge in [0.25, 0.3) is 0 Å². The fourth-order valence-corrected chi connectivity index (χ4v) is 2.62. The van der Waals surface area contributed by atoms with Crippen LogP contribution in [0.4, 0.5) is 0 Å². The summed E-state index contributed by atoms with van der Waals surface area (Å²) in [7, 11) is 0. The van der Waals surface area contributed by atoms with E-state index in [2.05, 4.69) is 39.6 Å². The van der Waals surface area contributed by atoms with Crippen LogP contribution >= 0.6 is 24.0 Å². The molecule has 1 aromatic rings. The van der Waals surface area contributed by atoms with Crippen LogP contribution in [0.15, 0.2) is 9.52 Å². The molecule has 1 aromatic heterocycles. The number of halogens is 1. The number of nitrogens with one attached hydrogen (secondary N) is 2. The normalized spacial score (nSPS) is 22.0. The van der Waals surface area contributed by atoms with Gasteiger partial charge in [0.2, 0.25) is 5.89 Å². The van der Waals surface area contributed by atoms with Crippen molar-refractivity contribution in [2.45, 2.75) is 58.9 Å². The van der Waals surface area contributed by atoms with Crippen molar-refractivity contribution in [3.05, 3.63) is 11.7 Å². The largest absolute Gasteiger partial charge is 0.357 e. The molecule has 0 aliphatic heterocycles. The van der Waals surface area contributed by atoms with Crippen molar-refractivity contribution < 1.29 is 4.52 Å². The Labute approximate surface area is 149 Å². The first kappa shape index (κ1) is 19.2. The summed E-state index contributed by atoms with van der Waals surface area (Å²) in [6.07, 6.45) is 5.75. The van der Waals surface area contributed by atoms with E-state index in [1.807, 2.05) is 6.92 Å². The van der Waals surface area contributed by atoms with Crippen molar-refractivity contribution >= 4 is 29.9 Å². The van der Waals surface area contributed by atoms with Crippen LogP contribution < -0.4 is 10.6 Å². The van der Waals surface area contributed by atoms with Gasteiger partial charge in [0.05, 0.1) is 6.54 Å². The average Bonchev–Trinajstić information content (AvgIpc) is 2.87. The standard InChI is InChI=1S/C15H27N5O.HI/c1-4-16-15(19-13-7-5-11(2)6-8-13)17-10-9-14-18-12(3)20-21-14;/h11,13H,4-10H2,1-3H3,(H2,16,17,19);1H. The lowest BCUT2D eigenvalue weighted by molar-refractivity contribution is 0.329. The van der Waals surface area contributed by atoms with Gasteiger partial charge >= 0.3 is 0 Å². The average molecular weight is 421 g/mol. The second kappa shape index (κ2) is 10.0. The molecule has 7 heteroatoms. The van der Waals surface area contributed by atoms with Gasteiger partial charge in [0.1, 0.15) is 0 Å². The lowest BCUT2D eigenvalue weighted by atomic mass is 9.87. The molecule has 2 rings (SSSR count). The van der Waals surface area contributed by atoms with E-state index in [1.165, 1.54) is 25.7 Å². The molecule has 22 heavy (non-hydrogen) atoms. The lowest BCUT2D eigenvalue weighted by Gasteiger charge is -2.28. The molecular formula is C15H28IN5O. The predicted octanol–water partition coefficient (Wildman–Crippen LogP) is 2.67. The molecule has 0 spiro atoms. The number of guanidine groups is 1. The zero-order chi connectivity index (χ0) is 15.1. The number of rotatable bonds is 5. The topological polar surface area (TPSA) is 75.3 Å². The van der Waals surface area contributed by atoms with Crippen molar-refractivity contribution in [3.8, 4) is 0 Å². The minimum atomic E-state index is 0. The van der Waals surface area contributed by atoms with E-state index >= 15 is 0 Å². The highest BCUT2D eigenvalue weighted by Gasteiger charge is 2.18. The van der Waals surface area contributed by atoms with E-state index in [0.717, 1.165) is 18.4 Å². The molecule has 0 atom stereocenters. The van der Waals surface area contributed by atoms with Gasteiger partial charge in [0.15, 0.2) is 11.8 Å². The van der Waals surface area contributed by atoms with E-state index in [-0.39, 0.29) is 24.0 Å². The molecule has 126 valence electrons. The molecule has 0 aromatic carbocycles. The van der Waals surface area contributed by atoms with Crippen LogP contribution in [-0.4, -0.2) is 35.2 Å². The first-order valence-electron chi connectivity index (χ1n) is 8.01. The number of nitrogens with zero attached hydrogens (tertiary/aromatic N) is 3. The molecule has 0 radical (unpaired) electrons. The van der Waals surface area contributed by atoms with Gasteiger partial charge in [-0.1, -0.05) is 12.1 Å². The number of aliphatic imine (C=N–C) groups is 1. The third-order valence-corrected chi connectivity index (χ3v) is 3.87. The summed E-state index contributed by atoms with van der Waals surface area (Å²) in [5, 5.41) is 10.6. The maximum absolute atomic E-state index is 5.10. The third-order valence-electron chi connectivity index (χ3n) is 3.87. The SMILES string of the molecule is CCNC(=NCCc1nc(C)no1)NC1CCC(C)CC1.I. The zero-order valence-electron chi connectivity index (χ0n) is 13.8. The molecule has 2 N–H and O–H groups in total. The molecule has 1 heterocycles. The Morgan fingerprint density at radius 3 is 2.64 bits per heavy atom. The molecule has 1 aliphatic rings. The summed E-state index contributed by atoms with van der Waals surface area (Å²) in [5.41, 5.74) is 0. The Balaban J connectivity index is 0.00000242. The van der Waals surface area contributed by atoms with E-state index in [4.69, 9.17) is 4.52 Å². The van der Waals surface area contributed by atoms with Gasteiger partial charge in [-0.25, -0.2) is 0 Å². The highest BCUT2D eigenvalue weighted by Crippen LogP contribution is 2.23. The Bertz CT molecular complexity index is 455. The van der Waals surface area contributed by atoms with Crippen molar-refractivity contribution in [2.24, 2.45) is 10.9 Å². The van der Waals surface area contributed by atoms with Crippen molar-refractivity contribution in [2.75, 3.05) is 13.1 Å². The Morgan fingerprint density at radius 2 is 2.05 bits per heavy atom. The summed E-state index contributed by atoms with van der Waals surface area (Å²) in [4.78, 5) is 8.79. The highest BCUT2D eigenvalue weighted by atomic mass is 127. The third kappa shape index (κ3) is 6.50. The van der Waals surface area contributed by atoms with Crippen LogP contribution in [0.2, 0.25) is 0 Å². The Kier molecular flexibility index (Phi) is 8.74. The molecule has 0 amide bonds. The van der Waals surface area contributed by atoms with Crippen LogP contribution in [0, 0.1) is 12.8 Å². The van der Waals surface area contributed by atoms with E-state index in [1.54, 1.807) is 0 Å². The van der Waals surface area contributed by atoms with E-state index in [9.17, 15) is 0 Å². The van der Waals surface area contributed by atoms with Crippen molar-refractivity contribution in [1.29, 1.82) is 0 Å². The summed E-state index contributed by atoms with van der Waals surface area (Å²) in [6, 6.07) is 0.546. The van der Waals surface area contributed by atoms with Crippen molar-refractivity contribution in [1.82, 2.24) is 20.8 Å². The summed E-state index contributed by atoms with van der Waals surface area (Å²) >= 11 is 0. The fraction of sp³-hybridized carbons (Fsp3) is 0.800. The zero-order valence-corrected chi connectivity index (χ0v) is 16.1. The molecule has 6 nitrogen and oxygen atoms in total. The number of aromatic nitrogens is 2. The first-order chi connectivity index (χ1) is 10.2. The Morgan fingerprint density at radius 1 is 1.32 bits per heavy atom. The molecule has 0 saturated heterocycles. The number of hydrogen-bond acceptors (Lipinski definition) is 4. The monoisotopic (exact) mass is 421 g/mol. The summed E-state index contributed by atoms with van der Waals surface area (Å²) in [6.45, 7) is 7.77. The lowest BCUT2D eigenvalue weighted by Crippen LogP contribution is -2.44. The maximum Gasteiger partial charge on any atom is 0.228 e. The van der Waals surface area contributed by atoms with Gasteiger partial charge in [-0.05, 0) is 45.4 Å². The Hall–Kier alpha value is -0.860. The predicted molar refractivity (Wildman–Crippen MR) is 98.7 cm³/mol. The molecule has 0 unspecified atom stereocenters. The van der Waals surface area contributed by atoms with Gasteiger partial charge in [-0.2, -0.15) is 4.98 Å². The van der Waals surface area contributed by atoms with E-state index in [0.29, 0.717) is 30.7 Å². The van der Waals surface area contributed by atoms with Gasteiger partial charge in [0, 0.05) is 19.0 Å². The van der Waals surface area contributed by atoms with Crippen molar-refractivity contribution in [3.63, 3.8) is 0 Å². The molecular weight excluding hydrogens is 393 g/mol.